The van der Waals surface area contributed by atoms with Gasteiger partial charge in [-0.2, -0.15) is 5.10 Å². The number of ether oxygens (including phenoxy) is 2. The summed E-state index contributed by atoms with van der Waals surface area (Å²) in [6, 6.07) is 12.5. The molecule has 0 saturated heterocycles. The van der Waals surface area contributed by atoms with Gasteiger partial charge in [-0.25, -0.2) is 5.43 Å². The van der Waals surface area contributed by atoms with Crippen LogP contribution in [-0.4, -0.2) is 25.3 Å². The molecular weight excluding hydrogens is 375 g/mol. The Labute approximate surface area is 162 Å². The number of nitrogens with one attached hydrogen (secondary N) is 1. The summed E-state index contributed by atoms with van der Waals surface area (Å²) in [6.45, 7) is 2.20. The van der Waals surface area contributed by atoms with Crippen molar-refractivity contribution in [3.63, 3.8) is 0 Å². The number of rotatable bonds is 8. The van der Waals surface area contributed by atoms with E-state index in [1.165, 1.54) is 0 Å². The van der Waals surface area contributed by atoms with Crippen molar-refractivity contribution in [1.82, 2.24) is 5.43 Å². The second-order valence-electron chi connectivity index (χ2n) is 5.49. The minimum Gasteiger partial charge on any atom is -0.497 e. The maximum atomic E-state index is 11.9. The molecule has 0 bridgehead atoms. The lowest BCUT2D eigenvalue weighted by molar-refractivity contribution is -0.121. The van der Waals surface area contributed by atoms with Crippen LogP contribution in [0.5, 0.6) is 11.5 Å². The van der Waals surface area contributed by atoms with Crippen LogP contribution in [0.4, 0.5) is 0 Å². The molecule has 26 heavy (non-hydrogen) atoms. The Kier molecular flexibility index (Phi) is 7.75. The van der Waals surface area contributed by atoms with E-state index in [1.54, 1.807) is 25.3 Å². The molecule has 2 aromatic carbocycles. The first kappa shape index (κ1) is 20.1. The average molecular weight is 395 g/mol. The van der Waals surface area contributed by atoms with E-state index in [0.717, 1.165) is 11.3 Å². The first-order valence-corrected chi connectivity index (χ1v) is 8.80. The Morgan fingerprint density at radius 3 is 2.54 bits per heavy atom. The predicted octanol–water partition coefficient (Wildman–Crippen LogP) is 4.70. The van der Waals surface area contributed by atoms with Crippen LogP contribution >= 0.6 is 23.2 Å². The molecule has 0 aliphatic carbocycles. The smallest absolute Gasteiger partial charge is 0.240 e. The van der Waals surface area contributed by atoms with Gasteiger partial charge in [0.05, 0.1) is 24.5 Å². The third-order valence-electron chi connectivity index (χ3n) is 3.56. The van der Waals surface area contributed by atoms with E-state index in [4.69, 9.17) is 32.7 Å². The van der Waals surface area contributed by atoms with E-state index in [0.29, 0.717) is 41.0 Å². The topological polar surface area (TPSA) is 59.9 Å². The van der Waals surface area contributed by atoms with Crippen LogP contribution in [0.15, 0.2) is 47.6 Å². The van der Waals surface area contributed by atoms with Crippen LogP contribution < -0.4 is 14.9 Å². The Bertz CT molecular complexity index is 777. The van der Waals surface area contributed by atoms with E-state index in [1.807, 2.05) is 31.2 Å². The van der Waals surface area contributed by atoms with Gasteiger partial charge in [0.2, 0.25) is 5.91 Å². The molecule has 0 atom stereocenters. The molecule has 2 rings (SSSR count). The maximum absolute atomic E-state index is 11.9. The monoisotopic (exact) mass is 394 g/mol. The quantitative estimate of drug-likeness (QED) is 0.400. The van der Waals surface area contributed by atoms with Crippen molar-refractivity contribution >= 4 is 34.8 Å². The number of nitrogens with zero attached hydrogens (tertiary/aromatic N) is 1. The zero-order valence-electron chi connectivity index (χ0n) is 14.6. The van der Waals surface area contributed by atoms with Crippen LogP contribution in [0.2, 0.25) is 10.0 Å². The van der Waals surface area contributed by atoms with Gasteiger partial charge < -0.3 is 9.47 Å². The molecule has 0 aromatic heterocycles. The van der Waals surface area contributed by atoms with E-state index < -0.39 is 0 Å². The number of carbonyl (C=O) groups excluding carboxylic acids is 1. The molecule has 1 amide bonds. The van der Waals surface area contributed by atoms with Crippen LogP contribution in [0.1, 0.15) is 25.3 Å². The van der Waals surface area contributed by atoms with Crippen LogP contribution in [0, 0.1) is 0 Å². The fraction of sp³-hybridized carbons (Fsp3) is 0.263. The van der Waals surface area contributed by atoms with Crippen molar-refractivity contribution < 1.29 is 14.3 Å². The highest BCUT2D eigenvalue weighted by Gasteiger charge is 2.05. The molecular formula is C19H20Cl2N2O3. The fourth-order valence-corrected chi connectivity index (χ4v) is 2.57. The molecule has 0 heterocycles. The number of methoxy groups -OCH3 is 1. The molecule has 138 valence electrons. The van der Waals surface area contributed by atoms with Crippen LogP contribution in [0.25, 0.3) is 0 Å². The van der Waals surface area contributed by atoms with Gasteiger partial charge in [0.25, 0.3) is 0 Å². The van der Waals surface area contributed by atoms with Crippen LogP contribution in [-0.2, 0) is 4.79 Å². The number of halogens is 2. The summed E-state index contributed by atoms with van der Waals surface area (Å²) in [5.41, 5.74) is 4.17. The lowest BCUT2D eigenvalue weighted by atomic mass is 10.1. The first-order valence-electron chi connectivity index (χ1n) is 8.05. The number of benzene rings is 2. The highest BCUT2D eigenvalue weighted by atomic mass is 35.5. The molecule has 7 heteroatoms. The molecule has 0 radical (unpaired) electrons. The van der Waals surface area contributed by atoms with E-state index in [2.05, 4.69) is 10.5 Å². The van der Waals surface area contributed by atoms with Gasteiger partial charge in [-0.1, -0.05) is 23.2 Å². The largest absolute Gasteiger partial charge is 0.497 e. The normalized spacial score (nSPS) is 11.2. The Hall–Kier alpha value is -2.24. The standard InChI is InChI=1S/C19H20Cl2N2O3/c1-13(14-5-8-16(25-2)9-6-14)22-23-19(24)4-3-11-26-18-10-7-15(20)12-17(18)21/h5-10,12H,3-4,11H2,1-2H3,(H,23,24). The molecule has 0 aliphatic heterocycles. The number of amides is 1. The number of hydrogen-bond donors (Lipinski definition) is 1. The second kappa shape index (κ2) is 10.0. The highest BCUT2D eigenvalue weighted by molar-refractivity contribution is 6.35. The maximum Gasteiger partial charge on any atom is 0.240 e. The third-order valence-corrected chi connectivity index (χ3v) is 4.09. The Morgan fingerprint density at radius 1 is 1.15 bits per heavy atom. The average Bonchev–Trinajstić information content (AvgIpc) is 2.64. The molecule has 0 unspecified atom stereocenters. The molecule has 5 nitrogen and oxygen atoms in total. The summed E-state index contributed by atoms with van der Waals surface area (Å²) in [7, 11) is 1.61. The Morgan fingerprint density at radius 2 is 1.88 bits per heavy atom. The van der Waals surface area contributed by atoms with Gasteiger partial charge in [-0.15, -0.1) is 0 Å². The van der Waals surface area contributed by atoms with Gasteiger partial charge in [0.1, 0.15) is 11.5 Å². The van der Waals surface area contributed by atoms with Crippen molar-refractivity contribution in [3.8, 4) is 11.5 Å². The number of hydrogen-bond acceptors (Lipinski definition) is 4. The lowest BCUT2D eigenvalue weighted by Crippen LogP contribution is -2.19. The second-order valence-corrected chi connectivity index (χ2v) is 6.33. The lowest BCUT2D eigenvalue weighted by Gasteiger charge is -2.08. The summed E-state index contributed by atoms with van der Waals surface area (Å²) < 4.78 is 10.7. The van der Waals surface area contributed by atoms with Crippen molar-refractivity contribution in [1.29, 1.82) is 0 Å². The van der Waals surface area contributed by atoms with Gasteiger partial charge in [-0.05, 0) is 61.4 Å². The molecule has 0 spiro atoms. The van der Waals surface area contributed by atoms with E-state index >= 15 is 0 Å². The minimum atomic E-state index is -0.177. The van der Waals surface area contributed by atoms with Crippen LogP contribution in [0.3, 0.4) is 0 Å². The minimum absolute atomic E-state index is 0.177. The van der Waals surface area contributed by atoms with E-state index in [-0.39, 0.29) is 5.91 Å². The van der Waals surface area contributed by atoms with Gasteiger partial charge >= 0.3 is 0 Å². The third kappa shape index (κ3) is 6.24. The van der Waals surface area contributed by atoms with Gasteiger partial charge in [-0.3, -0.25) is 4.79 Å². The highest BCUT2D eigenvalue weighted by Crippen LogP contribution is 2.27. The summed E-state index contributed by atoms with van der Waals surface area (Å²) in [5.74, 6) is 1.14. The van der Waals surface area contributed by atoms with Crippen molar-refractivity contribution in [2.75, 3.05) is 13.7 Å². The Balaban J connectivity index is 1.74. The summed E-state index contributed by atoms with van der Waals surface area (Å²) >= 11 is 11.8. The van der Waals surface area contributed by atoms with Gasteiger partial charge in [0.15, 0.2) is 0 Å². The zero-order valence-corrected chi connectivity index (χ0v) is 16.1. The zero-order chi connectivity index (χ0) is 18.9. The fourth-order valence-electron chi connectivity index (χ4n) is 2.11. The molecule has 0 fully saturated rings. The van der Waals surface area contributed by atoms with Gasteiger partial charge in [0, 0.05) is 11.4 Å². The summed E-state index contributed by atoms with van der Waals surface area (Å²) in [5, 5.41) is 5.10. The summed E-state index contributed by atoms with van der Waals surface area (Å²) in [6.07, 6.45) is 0.840. The number of carbonyl (C=O) groups is 1. The molecule has 2 aromatic rings. The molecule has 0 aliphatic rings. The van der Waals surface area contributed by atoms with Crippen molar-refractivity contribution in [3.05, 3.63) is 58.1 Å². The van der Waals surface area contributed by atoms with Crippen molar-refractivity contribution in [2.24, 2.45) is 5.10 Å². The molecule has 1 N–H and O–H groups in total. The SMILES string of the molecule is COc1ccc(C(C)=NNC(=O)CCCOc2ccc(Cl)cc2Cl)cc1. The molecule has 0 saturated carbocycles. The summed E-state index contributed by atoms with van der Waals surface area (Å²) in [4.78, 5) is 11.9. The van der Waals surface area contributed by atoms with Crippen molar-refractivity contribution in [2.45, 2.75) is 19.8 Å². The first-order chi connectivity index (χ1) is 12.5. The predicted molar refractivity (Wildman–Crippen MR) is 105 cm³/mol. The van der Waals surface area contributed by atoms with E-state index in [9.17, 15) is 4.79 Å². The number of hydrazone groups is 1.